The summed E-state index contributed by atoms with van der Waals surface area (Å²) in [5.41, 5.74) is 1.52. The van der Waals surface area contributed by atoms with Crippen molar-refractivity contribution in [1.82, 2.24) is 19.3 Å². The molecule has 4 aromatic rings. The quantitative estimate of drug-likeness (QED) is 0.343. The maximum absolute atomic E-state index is 13.6. The molecule has 0 unspecified atom stereocenters. The van der Waals surface area contributed by atoms with E-state index in [1.807, 2.05) is 50.4 Å². The molecule has 0 radical (unpaired) electrons. The Morgan fingerprint density at radius 1 is 1.10 bits per heavy atom. The number of carbonyl (C=O) groups excluding carboxylic acids is 1. The van der Waals surface area contributed by atoms with Crippen LogP contribution >= 0.6 is 0 Å². The molecule has 2 aromatic heterocycles. The minimum atomic E-state index is -3.21. The average molecular weight is 550 g/mol. The minimum absolute atomic E-state index is 0.0589. The lowest BCUT2D eigenvalue weighted by Gasteiger charge is -2.35. The summed E-state index contributed by atoms with van der Waals surface area (Å²) in [4.78, 5) is 24.8. The number of ether oxygens (including phenoxy) is 1. The van der Waals surface area contributed by atoms with Gasteiger partial charge < -0.3 is 9.64 Å². The van der Waals surface area contributed by atoms with Crippen molar-refractivity contribution in [1.29, 1.82) is 0 Å². The molecule has 39 heavy (non-hydrogen) atoms. The number of sulfonamides is 1. The highest BCUT2D eigenvalue weighted by Gasteiger charge is 2.29. The van der Waals surface area contributed by atoms with Gasteiger partial charge in [0.05, 0.1) is 24.2 Å². The van der Waals surface area contributed by atoms with Crippen LogP contribution in [-0.2, 0) is 10.0 Å². The Morgan fingerprint density at radius 3 is 2.54 bits per heavy atom. The van der Waals surface area contributed by atoms with Gasteiger partial charge >= 0.3 is 0 Å². The van der Waals surface area contributed by atoms with E-state index in [1.165, 1.54) is 13.4 Å². The number of hydrogen-bond acceptors (Lipinski definition) is 7. The Kier molecular flexibility index (Phi) is 7.59. The molecule has 0 amide bonds. The molecule has 2 heterocycles. The normalized spacial score (nSPS) is 18.8. The van der Waals surface area contributed by atoms with Gasteiger partial charge in [0.2, 0.25) is 15.9 Å². The lowest BCUT2D eigenvalue weighted by molar-refractivity contribution is 0.0889. The van der Waals surface area contributed by atoms with Gasteiger partial charge in [-0.2, -0.15) is 0 Å². The first-order chi connectivity index (χ1) is 18.7. The van der Waals surface area contributed by atoms with E-state index in [9.17, 15) is 13.2 Å². The summed E-state index contributed by atoms with van der Waals surface area (Å²) in [6, 6.07) is 14.1. The molecule has 1 saturated carbocycles. The highest BCUT2D eigenvalue weighted by molar-refractivity contribution is 7.89. The molecular weight excluding hydrogens is 514 g/mol. The maximum Gasteiger partial charge on any atom is 0.239 e. The molecule has 0 saturated heterocycles. The van der Waals surface area contributed by atoms with Crippen molar-refractivity contribution in [2.75, 3.05) is 31.9 Å². The van der Waals surface area contributed by atoms with Gasteiger partial charge in [0.25, 0.3) is 0 Å². The van der Waals surface area contributed by atoms with Crippen LogP contribution in [0.2, 0.25) is 0 Å². The predicted molar refractivity (Wildman–Crippen MR) is 154 cm³/mol. The molecule has 5 rings (SSSR count). The van der Waals surface area contributed by atoms with Crippen LogP contribution in [0.3, 0.4) is 0 Å². The topological polar surface area (TPSA) is 106 Å². The van der Waals surface area contributed by atoms with Crippen LogP contribution in [0.1, 0.15) is 48.9 Å². The molecule has 206 valence electrons. The van der Waals surface area contributed by atoms with Crippen LogP contribution < -0.4 is 14.4 Å². The van der Waals surface area contributed by atoms with E-state index < -0.39 is 10.0 Å². The first-order valence-electron chi connectivity index (χ1n) is 13.3. The van der Waals surface area contributed by atoms with Crippen molar-refractivity contribution in [2.24, 2.45) is 5.92 Å². The Hall–Kier alpha value is -3.50. The lowest BCUT2D eigenvalue weighted by Crippen LogP contribution is -2.38. The number of nitrogens with one attached hydrogen (secondary N) is 1. The number of methoxy groups -OCH3 is 1. The fraction of sp³-hybridized carbons (Fsp3) is 0.414. The van der Waals surface area contributed by atoms with Crippen LogP contribution in [-0.4, -0.2) is 61.9 Å². The van der Waals surface area contributed by atoms with Gasteiger partial charge in [-0.3, -0.25) is 9.36 Å². The van der Waals surface area contributed by atoms with Crippen molar-refractivity contribution < 1.29 is 17.9 Å². The molecule has 0 spiro atoms. The standard InChI is InChI=1S/C29H35N5O4S/c1-19(21-7-8-23-16-25(38-4)12-9-22(23)15-21)29(35)34-14-13-26-27(31-18-32-28(26)34)33(3)24-10-5-20(6-11-24)17-39(36,37)30-2/h7-9,12-16,18-20,24,30H,5-6,10-11,17H2,1-4H3/t19-,20-,24-/m0/s1. The number of hydrogen-bond donors (Lipinski definition) is 1. The van der Waals surface area contributed by atoms with Gasteiger partial charge in [-0.05, 0) is 80.1 Å². The van der Waals surface area contributed by atoms with E-state index in [-0.39, 0.29) is 29.5 Å². The number of nitrogens with zero attached hydrogens (tertiary/aromatic N) is 4. The van der Waals surface area contributed by atoms with E-state index in [4.69, 9.17) is 4.74 Å². The third-order valence-corrected chi connectivity index (χ3v) is 9.64. The minimum Gasteiger partial charge on any atom is -0.497 e. The monoisotopic (exact) mass is 549 g/mol. The Morgan fingerprint density at radius 2 is 1.82 bits per heavy atom. The Balaban J connectivity index is 1.34. The number of aromatic nitrogens is 3. The molecular formula is C29H35N5O4S. The number of anilines is 1. The summed E-state index contributed by atoms with van der Waals surface area (Å²) >= 11 is 0. The van der Waals surface area contributed by atoms with Crippen molar-refractivity contribution in [2.45, 2.75) is 44.6 Å². The average Bonchev–Trinajstić information content (AvgIpc) is 3.40. The fourth-order valence-electron chi connectivity index (χ4n) is 5.65. The molecule has 1 aliphatic carbocycles. The Bertz CT molecular complexity index is 1610. The first-order valence-corrected chi connectivity index (χ1v) is 14.9. The molecule has 10 heteroatoms. The van der Waals surface area contributed by atoms with Gasteiger partial charge in [0, 0.05) is 19.3 Å². The van der Waals surface area contributed by atoms with E-state index >= 15 is 0 Å². The number of benzene rings is 2. The van der Waals surface area contributed by atoms with Crippen molar-refractivity contribution in [3.05, 3.63) is 60.6 Å². The molecule has 1 atom stereocenters. The van der Waals surface area contributed by atoms with Crippen molar-refractivity contribution in [3.8, 4) is 5.75 Å². The molecule has 0 bridgehead atoms. The summed E-state index contributed by atoms with van der Waals surface area (Å²) in [5, 5.41) is 2.93. The van der Waals surface area contributed by atoms with Gasteiger partial charge in [0.15, 0.2) is 5.65 Å². The van der Waals surface area contributed by atoms with Crippen LogP contribution in [0.15, 0.2) is 55.0 Å². The van der Waals surface area contributed by atoms with Gasteiger partial charge in [-0.1, -0.05) is 24.3 Å². The molecule has 9 nitrogen and oxygen atoms in total. The zero-order valence-electron chi connectivity index (χ0n) is 22.8. The van der Waals surface area contributed by atoms with Crippen molar-refractivity contribution >= 4 is 43.6 Å². The molecule has 1 N–H and O–H groups in total. The van der Waals surface area contributed by atoms with Gasteiger partial charge in [0.1, 0.15) is 17.9 Å². The number of carbonyl (C=O) groups is 1. The third-order valence-electron chi connectivity index (χ3n) is 8.10. The number of rotatable bonds is 8. The molecule has 1 fully saturated rings. The van der Waals surface area contributed by atoms with Crippen LogP contribution in [0, 0.1) is 5.92 Å². The highest BCUT2D eigenvalue weighted by Crippen LogP contribution is 2.33. The van der Waals surface area contributed by atoms with Gasteiger partial charge in [-0.15, -0.1) is 0 Å². The second-order valence-corrected chi connectivity index (χ2v) is 12.4. The zero-order chi connectivity index (χ0) is 27.7. The maximum atomic E-state index is 13.6. The van der Waals surface area contributed by atoms with E-state index in [1.54, 1.807) is 17.9 Å². The second-order valence-electron chi connectivity index (χ2n) is 10.4. The van der Waals surface area contributed by atoms with Crippen LogP contribution in [0.4, 0.5) is 5.82 Å². The SMILES string of the molecule is CNS(=O)(=O)C[C@H]1CC[C@H](N(C)c2ncnc3c2ccn3C(=O)[C@@H](C)c2ccc3cc(OC)ccc3c2)CC1. The van der Waals surface area contributed by atoms with E-state index in [2.05, 4.69) is 25.7 Å². The van der Waals surface area contributed by atoms with E-state index in [0.29, 0.717) is 5.65 Å². The molecule has 0 aliphatic heterocycles. The van der Waals surface area contributed by atoms with Crippen LogP contribution in [0.5, 0.6) is 5.75 Å². The van der Waals surface area contributed by atoms with Gasteiger partial charge in [-0.25, -0.2) is 23.1 Å². The lowest BCUT2D eigenvalue weighted by atomic mass is 9.86. The van der Waals surface area contributed by atoms with E-state index in [0.717, 1.165) is 59.0 Å². The second kappa shape index (κ2) is 10.9. The molecule has 2 aromatic carbocycles. The number of fused-ring (bicyclic) bond motifs is 2. The fourth-order valence-corrected chi connectivity index (χ4v) is 6.77. The predicted octanol–water partition coefficient (Wildman–Crippen LogP) is 4.58. The van der Waals surface area contributed by atoms with Crippen molar-refractivity contribution in [3.63, 3.8) is 0 Å². The summed E-state index contributed by atoms with van der Waals surface area (Å²) < 4.78 is 33.3. The summed E-state index contributed by atoms with van der Waals surface area (Å²) in [6.45, 7) is 1.92. The highest BCUT2D eigenvalue weighted by atomic mass is 32.2. The molecule has 1 aliphatic rings. The summed E-state index contributed by atoms with van der Waals surface area (Å²) in [6.07, 6.45) is 6.75. The smallest absolute Gasteiger partial charge is 0.239 e. The summed E-state index contributed by atoms with van der Waals surface area (Å²) in [7, 11) is 1.92. The Labute approximate surface area is 229 Å². The van der Waals surface area contributed by atoms with Crippen LogP contribution in [0.25, 0.3) is 21.8 Å². The zero-order valence-corrected chi connectivity index (χ0v) is 23.6. The largest absolute Gasteiger partial charge is 0.497 e. The summed E-state index contributed by atoms with van der Waals surface area (Å²) in [5.74, 6) is 1.49. The first kappa shape index (κ1) is 27.1. The third kappa shape index (κ3) is 5.49.